The number of hydrogen-bond donors (Lipinski definition) is 1. The number of aromatic nitrogens is 1. The standard InChI is InChI=1S/C19H29N3O2/c1-21-11-3-4-16(15-21)6-7-18(23)22-12-8-19(24,9-13-22)17-5-2-10-20-14-17/h2,5,10,14,16,24H,3-4,6-9,11-13,15H2,1H3. The molecule has 5 heteroatoms. The highest BCUT2D eigenvalue weighted by Crippen LogP contribution is 2.32. The maximum atomic E-state index is 12.5. The molecule has 0 bridgehead atoms. The van der Waals surface area contributed by atoms with Gasteiger partial charge in [0.2, 0.25) is 5.91 Å². The van der Waals surface area contributed by atoms with E-state index in [0.717, 1.165) is 18.5 Å². The number of hydrogen-bond acceptors (Lipinski definition) is 4. The molecule has 2 aliphatic rings. The minimum absolute atomic E-state index is 0.247. The van der Waals surface area contributed by atoms with Crippen LogP contribution in [0.15, 0.2) is 24.5 Å². The average Bonchev–Trinajstić information content (AvgIpc) is 2.61. The third-order valence-electron chi connectivity index (χ3n) is 5.63. The molecule has 0 spiro atoms. The summed E-state index contributed by atoms with van der Waals surface area (Å²) in [6, 6.07) is 3.77. The fraction of sp³-hybridized carbons (Fsp3) is 0.684. The van der Waals surface area contributed by atoms with E-state index < -0.39 is 5.60 Å². The highest BCUT2D eigenvalue weighted by molar-refractivity contribution is 5.76. The molecule has 3 rings (SSSR count). The molecular weight excluding hydrogens is 302 g/mol. The van der Waals surface area contributed by atoms with Gasteiger partial charge in [0.15, 0.2) is 0 Å². The van der Waals surface area contributed by atoms with Gasteiger partial charge in [-0.1, -0.05) is 6.07 Å². The molecule has 1 aromatic rings. The molecule has 1 unspecified atom stereocenters. The first-order chi connectivity index (χ1) is 11.6. The number of carbonyl (C=O) groups is 1. The van der Waals surface area contributed by atoms with Gasteiger partial charge in [0, 0.05) is 44.0 Å². The molecule has 132 valence electrons. The Balaban J connectivity index is 1.47. The van der Waals surface area contributed by atoms with Crippen LogP contribution in [-0.4, -0.2) is 59.0 Å². The number of pyridine rings is 1. The van der Waals surface area contributed by atoms with Crippen LogP contribution in [0.25, 0.3) is 0 Å². The summed E-state index contributed by atoms with van der Waals surface area (Å²) >= 11 is 0. The Morgan fingerprint density at radius 2 is 2.17 bits per heavy atom. The van der Waals surface area contributed by atoms with Crippen molar-refractivity contribution in [3.8, 4) is 0 Å². The van der Waals surface area contributed by atoms with Crippen LogP contribution >= 0.6 is 0 Å². The second-order valence-corrected chi connectivity index (χ2v) is 7.46. The quantitative estimate of drug-likeness (QED) is 0.917. The molecular formula is C19H29N3O2. The molecule has 0 aromatic carbocycles. The first kappa shape index (κ1) is 17.4. The van der Waals surface area contributed by atoms with Crippen molar-refractivity contribution in [3.05, 3.63) is 30.1 Å². The van der Waals surface area contributed by atoms with E-state index in [1.54, 1.807) is 12.4 Å². The summed E-state index contributed by atoms with van der Waals surface area (Å²) in [6.45, 7) is 3.57. The van der Waals surface area contributed by atoms with E-state index in [4.69, 9.17) is 0 Å². The van der Waals surface area contributed by atoms with Crippen molar-refractivity contribution in [2.24, 2.45) is 5.92 Å². The maximum absolute atomic E-state index is 12.5. The Bertz CT molecular complexity index is 541. The van der Waals surface area contributed by atoms with Gasteiger partial charge in [-0.15, -0.1) is 0 Å². The van der Waals surface area contributed by atoms with Crippen LogP contribution in [0.3, 0.4) is 0 Å². The lowest BCUT2D eigenvalue weighted by molar-refractivity contribution is -0.136. The van der Waals surface area contributed by atoms with Crippen LogP contribution in [-0.2, 0) is 10.4 Å². The smallest absolute Gasteiger partial charge is 0.222 e. The van der Waals surface area contributed by atoms with Crippen molar-refractivity contribution in [3.63, 3.8) is 0 Å². The van der Waals surface area contributed by atoms with Gasteiger partial charge in [-0.2, -0.15) is 0 Å². The monoisotopic (exact) mass is 331 g/mol. The van der Waals surface area contributed by atoms with Crippen LogP contribution in [0.1, 0.15) is 44.1 Å². The van der Waals surface area contributed by atoms with E-state index in [9.17, 15) is 9.90 Å². The van der Waals surface area contributed by atoms with Crippen molar-refractivity contribution in [1.29, 1.82) is 0 Å². The highest BCUT2D eigenvalue weighted by Gasteiger charge is 2.35. The van der Waals surface area contributed by atoms with Crippen molar-refractivity contribution in [2.45, 2.75) is 44.1 Å². The molecule has 24 heavy (non-hydrogen) atoms. The Kier molecular flexibility index (Phi) is 5.51. The summed E-state index contributed by atoms with van der Waals surface area (Å²) in [5.74, 6) is 0.904. The minimum Gasteiger partial charge on any atom is -0.385 e. The third kappa shape index (κ3) is 4.14. The zero-order valence-corrected chi connectivity index (χ0v) is 14.7. The summed E-state index contributed by atoms with van der Waals surface area (Å²) < 4.78 is 0. The fourth-order valence-corrected chi connectivity index (χ4v) is 4.05. The SMILES string of the molecule is CN1CCCC(CCC(=O)N2CCC(O)(c3cccnc3)CC2)C1. The largest absolute Gasteiger partial charge is 0.385 e. The van der Waals surface area contributed by atoms with Crippen LogP contribution in [0.5, 0.6) is 0 Å². The number of likely N-dealkylation sites (tertiary alicyclic amines) is 2. The third-order valence-corrected chi connectivity index (χ3v) is 5.63. The number of amides is 1. The van der Waals surface area contributed by atoms with Gasteiger partial charge >= 0.3 is 0 Å². The normalized spacial score (nSPS) is 24.8. The molecule has 5 nitrogen and oxygen atoms in total. The predicted molar refractivity (Wildman–Crippen MR) is 93.4 cm³/mol. The predicted octanol–water partition coefficient (Wildman–Crippen LogP) is 2.01. The first-order valence-corrected chi connectivity index (χ1v) is 9.16. The Labute approximate surface area is 144 Å². The Morgan fingerprint density at radius 3 is 2.83 bits per heavy atom. The van der Waals surface area contributed by atoms with Gasteiger partial charge < -0.3 is 14.9 Å². The lowest BCUT2D eigenvalue weighted by Gasteiger charge is -2.38. The lowest BCUT2D eigenvalue weighted by atomic mass is 9.85. The zero-order valence-electron chi connectivity index (χ0n) is 14.7. The van der Waals surface area contributed by atoms with E-state index in [0.29, 0.717) is 38.3 Å². The summed E-state index contributed by atoms with van der Waals surface area (Å²) in [7, 11) is 2.16. The van der Waals surface area contributed by atoms with Gasteiger partial charge in [0.05, 0.1) is 5.60 Å². The van der Waals surface area contributed by atoms with Gasteiger partial charge in [-0.05, 0) is 57.7 Å². The van der Waals surface area contributed by atoms with E-state index in [2.05, 4.69) is 16.9 Å². The molecule has 1 atom stereocenters. The molecule has 2 aliphatic heterocycles. The molecule has 0 aliphatic carbocycles. The zero-order chi connectivity index (χ0) is 17.0. The second-order valence-electron chi connectivity index (χ2n) is 7.46. The van der Waals surface area contributed by atoms with E-state index in [-0.39, 0.29) is 5.91 Å². The van der Waals surface area contributed by atoms with E-state index in [1.165, 1.54) is 19.4 Å². The van der Waals surface area contributed by atoms with Crippen LogP contribution in [0.2, 0.25) is 0 Å². The van der Waals surface area contributed by atoms with Crippen molar-refractivity contribution in [2.75, 3.05) is 33.2 Å². The van der Waals surface area contributed by atoms with Gasteiger partial charge in [0.25, 0.3) is 0 Å². The lowest BCUT2D eigenvalue weighted by Crippen LogP contribution is -2.45. The molecule has 0 saturated carbocycles. The molecule has 0 radical (unpaired) electrons. The van der Waals surface area contributed by atoms with E-state index >= 15 is 0 Å². The molecule has 1 amide bonds. The van der Waals surface area contributed by atoms with Crippen molar-refractivity contribution < 1.29 is 9.90 Å². The molecule has 2 fully saturated rings. The number of rotatable bonds is 4. The van der Waals surface area contributed by atoms with E-state index in [1.807, 2.05) is 17.0 Å². The molecule has 1 aromatic heterocycles. The number of piperidine rings is 2. The Hall–Kier alpha value is -1.46. The summed E-state index contributed by atoms with van der Waals surface area (Å²) in [5.41, 5.74) is 0.0271. The van der Waals surface area contributed by atoms with Crippen molar-refractivity contribution in [1.82, 2.24) is 14.8 Å². The second kappa shape index (κ2) is 7.62. The topological polar surface area (TPSA) is 56.7 Å². The van der Waals surface area contributed by atoms with Crippen molar-refractivity contribution >= 4 is 5.91 Å². The summed E-state index contributed by atoms with van der Waals surface area (Å²) in [5, 5.41) is 10.8. The minimum atomic E-state index is -0.836. The van der Waals surface area contributed by atoms with Crippen LogP contribution < -0.4 is 0 Å². The first-order valence-electron chi connectivity index (χ1n) is 9.16. The summed E-state index contributed by atoms with van der Waals surface area (Å²) in [4.78, 5) is 20.9. The number of nitrogens with zero attached hydrogens (tertiary/aromatic N) is 3. The Morgan fingerprint density at radius 1 is 1.38 bits per heavy atom. The number of aliphatic hydroxyl groups is 1. The highest BCUT2D eigenvalue weighted by atomic mass is 16.3. The van der Waals surface area contributed by atoms with Gasteiger partial charge in [-0.3, -0.25) is 9.78 Å². The maximum Gasteiger partial charge on any atom is 0.222 e. The average molecular weight is 331 g/mol. The number of carbonyl (C=O) groups excluding carboxylic acids is 1. The summed E-state index contributed by atoms with van der Waals surface area (Å²) in [6.07, 6.45) is 8.77. The van der Waals surface area contributed by atoms with Crippen LogP contribution in [0.4, 0.5) is 0 Å². The molecule has 1 N–H and O–H groups in total. The van der Waals surface area contributed by atoms with Crippen LogP contribution in [0, 0.1) is 5.92 Å². The van der Waals surface area contributed by atoms with Gasteiger partial charge in [0.1, 0.15) is 0 Å². The molecule has 2 saturated heterocycles. The van der Waals surface area contributed by atoms with Gasteiger partial charge in [-0.25, -0.2) is 0 Å². The molecule has 3 heterocycles. The fourth-order valence-electron chi connectivity index (χ4n) is 4.05.